The standard InChI is InChI=1S/C29H26N2O2/c1-14-11-15(2)27(16(3)12-14)31-22-13-17(4)28-26-24(23(19(6)32)18(5)30-28)20-9-7-8-10-21(20)29(33)25(22)26/h7-13,31,33H,4H2,1-3,5-6H3. The molecule has 1 heterocycles. The maximum atomic E-state index is 12.8. The third kappa shape index (κ3) is 3.05. The normalized spacial score (nSPS) is 11.5. The van der Waals surface area contributed by atoms with Crippen molar-refractivity contribution in [3.05, 3.63) is 75.6 Å². The number of aryl methyl sites for hydroxylation is 4. The van der Waals surface area contributed by atoms with E-state index in [-0.39, 0.29) is 11.5 Å². The van der Waals surface area contributed by atoms with Crippen molar-refractivity contribution in [1.29, 1.82) is 0 Å². The molecule has 4 aromatic carbocycles. The van der Waals surface area contributed by atoms with Gasteiger partial charge in [-0.15, -0.1) is 0 Å². The van der Waals surface area contributed by atoms with E-state index in [0.29, 0.717) is 27.5 Å². The minimum atomic E-state index is -0.0479. The minimum Gasteiger partial charge on any atom is -0.507 e. The Labute approximate surface area is 192 Å². The van der Waals surface area contributed by atoms with Crippen LogP contribution in [0.4, 0.5) is 11.4 Å². The van der Waals surface area contributed by atoms with Crippen LogP contribution in [0, 0.1) is 27.7 Å². The first-order valence-electron chi connectivity index (χ1n) is 11.0. The summed E-state index contributed by atoms with van der Waals surface area (Å²) in [6.45, 7) is 13.9. The Kier molecular flexibility index (Phi) is 4.64. The lowest BCUT2D eigenvalue weighted by Gasteiger charge is -2.21. The second kappa shape index (κ2) is 7.31. The molecule has 1 aromatic heterocycles. The van der Waals surface area contributed by atoms with Crippen molar-refractivity contribution in [2.24, 2.45) is 0 Å². The Morgan fingerprint density at radius 2 is 1.58 bits per heavy atom. The van der Waals surface area contributed by atoms with Crippen molar-refractivity contribution in [2.75, 3.05) is 5.32 Å². The van der Waals surface area contributed by atoms with Crippen LogP contribution < -0.4 is 10.5 Å². The summed E-state index contributed by atoms with van der Waals surface area (Å²) in [4.78, 5) is 17.5. The highest BCUT2D eigenvalue weighted by atomic mass is 16.3. The molecule has 0 atom stereocenters. The number of pyridine rings is 1. The number of aromatic nitrogens is 1. The van der Waals surface area contributed by atoms with Crippen molar-refractivity contribution in [3.63, 3.8) is 0 Å². The van der Waals surface area contributed by atoms with E-state index < -0.39 is 0 Å². The SMILES string of the molecule is C=c1cc(Nc2c(C)cc(C)cc2C)c2c(O)c3ccccc3c3c(C(C)=O)c(C)nc1c23. The van der Waals surface area contributed by atoms with E-state index >= 15 is 0 Å². The van der Waals surface area contributed by atoms with Crippen LogP contribution in [-0.4, -0.2) is 15.9 Å². The van der Waals surface area contributed by atoms with Crippen LogP contribution in [0.15, 0.2) is 42.5 Å². The van der Waals surface area contributed by atoms with Gasteiger partial charge in [-0.3, -0.25) is 9.78 Å². The summed E-state index contributed by atoms with van der Waals surface area (Å²) in [5.41, 5.74) is 7.13. The molecule has 0 aliphatic rings. The molecule has 5 rings (SSSR count). The zero-order valence-corrected chi connectivity index (χ0v) is 19.6. The second-order valence-corrected chi connectivity index (χ2v) is 8.98. The summed E-state index contributed by atoms with van der Waals surface area (Å²) in [6, 6.07) is 13.9. The Morgan fingerprint density at radius 1 is 0.939 bits per heavy atom. The highest BCUT2D eigenvalue weighted by Gasteiger charge is 2.23. The number of Topliss-reactive ketones (excluding diaryl/α,β-unsaturated/α-hetero) is 1. The first-order chi connectivity index (χ1) is 15.7. The first kappa shape index (κ1) is 21.0. The van der Waals surface area contributed by atoms with Crippen LogP contribution in [0.1, 0.15) is 39.7 Å². The van der Waals surface area contributed by atoms with Gasteiger partial charge in [-0.05, 0) is 62.4 Å². The number of carbonyl (C=O) groups is 1. The summed E-state index contributed by atoms with van der Waals surface area (Å²) in [7, 11) is 0. The highest BCUT2D eigenvalue weighted by Crippen LogP contribution is 2.45. The quantitative estimate of drug-likeness (QED) is 0.192. The fourth-order valence-corrected chi connectivity index (χ4v) is 5.23. The fraction of sp³-hybridized carbons (Fsp3) is 0.172. The zero-order chi connectivity index (χ0) is 23.6. The average Bonchev–Trinajstić information content (AvgIpc) is 2.75. The number of nitrogens with zero attached hydrogens (tertiary/aromatic N) is 1. The largest absolute Gasteiger partial charge is 0.507 e. The molecule has 0 aliphatic heterocycles. The molecule has 4 nitrogen and oxygen atoms in total. The number of phenols is 1. The van der Waals surface area contributed by atoms with E-state index in [1.54, 1.807) is 6.92 Å². The molecule has 0 saturated heterocycles. The molecule has 2 N–H and O–H groups in total. The van der Waals surface area contributed by atoms with E-state index in [1.165, 1.54) is 5.56 Å². The molecule has 164 valence electrons. The van der Waals surface area contributed by atoms with Gasteiger partial charge in [0.2, 0.25) is 0 Å². The molecule has 0 saturated carbocycles. The molecule has 5 aromatic rings. The monoisotopic (exact) mass is 434 g/mol. The molecule has 4 heteroatoms. The molecular formula is C29H26N2O2. The Balaban J connectivity index is 2.01. The lowest BCUT2D eigenvalue weighted by Crippen LogP contribution is -2.11. The van der Waals surface area contributed by atoms with Gasteiger partial charge in [-0.25, -0.2) is 0 Å². The summed E-state index contributed by atoms with van der Waals surface area (Å²) < 4.78 is 0. The van der Waals surface area contributed by atoms with Crippen molar-refractivity contribution >= 4 is 56.2 Å². The van der Waals surface area contributed by atoms with Gasteiger partial charge in [0, 0.05) is 33.1 Å². The molecule has 0 fully saturated rings. The Morgan fingerprint density at radius 3 is 2.21 bits per heavy atom. The summed E-state index contributed by atoms with van der Waals surface area (Å²) >= 11 is 0. The van der Waals surface area contributed by atoms with E-state index in [2.05, 4.69) is 44.8 Å². The van der Waals surface area contributed by atoms with E-state index in [4.69, 9.17) is 4.98 Å². The lowest BCUT2D eigenvalue weighted by atomic mass is 9.90. The second-order valence-electron chi connectivity index (χ2n) is 8.98. The first-order valence-corrected chi connectivity index (χ1v) is 11.0. The lowest BCUT2D eigenvalue weighted by molar-refractivity contribution is 0.101. The summed E-state index contributed by atoms with van der Waals surface area (Å²) in [6.07, 6.45) is 0. The van der Waals surface area contributed by atoms with Crippen molar-refractivity contribution in [2.45, 2.75) is 34.6 Å². The van der Waals surface area contributed by atoms with E-state index in [1.807, 2.05) is 37.3 Å². The number of fused-ring (bicyclic) bond motifs is 2. The van der Waals surface area contributed by atoms with Crippen LogP contribution in [-0.2, 0) is 0 Å². The predicted molar refractivity (Wildman–Crippen MR) is 138 cm³/mol. The number of carbonyl (C=O) groups excluding carboxylic acids is 1. The van der Waals surface area contributed by atoms with Crippen molar-refractivity contribution < 1.29 is 9.90 Å². The molecule has 0 radical (unpaired) electrons. The molecule has 0 bridgehead atoms. The average molecular weight is 435 g/mol. The number of rotatable bonds is 3. The number of hydrogen-bond donors (Lipinski definition) is 2. The smallest absolute Gasteiger partial charge is 0.162 e. The van der Waals surface area contributed by atoms with Crippen LogP contribution in [0.2, 0.25) is 0 Å². The van der Waals surface area contributed by atoms with Gasteiger partial charge in [0.25, 0.3) is 0 Å². The maximum Gasteiger partial charge on any atom is 0.162 e. The summed E-state index contributed by atoms with van der Waals surface area (Å²) in [5.74, 6) is 0.126. The highest BCUT2D eigenvalue weighted by molar-refractivity contribution is 6.31. The van der Waals surface area contributed by atoms with Crippen LogP contribution in [0.3, 0.4) is 0 Å². The maximum absolute atomic E-state index is 12.8. The number of ketones is 1. The van der Waals surface area contributed by atoms with Gasteiger partial charge in [0.1, 0.15) is 5.75 Å². The van der Waals surface area contributed by atoms with Crippen LogP contribution >= 0.6 is 0 Å². The molecular weight excluding hydrogens is 408 g/mol. The molecule has 0 amide bonds. The number of hydrogen-bond acceptors (Lipinski definition) is 4. The predicted octanol–water partition coefficient (Wildman–Crippen LogP) is 6.56. The van der Waals surface area contributed by atoms with Crippen LogP contribution in [0.5, 0.6) is 5.75 Å². The molecule has 0 aliphatic carbocycles. The topological polar surface area (TPSA) is 62.2 Å². The van der Waals surface area contributed by atoms with Gasteiger partial charge in [0.05, 0.1) is 16.6 Å². The molecule has 0 unspecified atom stereocenters. The Bertz CT molecular complexity index is 1660. The summed E-state index contributed by atoms with van der Waals surface area (Å²) in [5, 5.41) is 19.6. The third-order valence-corrected chi connectivity index (χ3v) is 6.50. The zero-order valence-electron chi connectivity index (χ0n) is 19.6. The van der Waals surface area contributed by atoms with Crippen LogP contribution in [0.25, 0.3) is 39.0 Å². The number of nitrogens with one attached hydrogen (secondary N) is 1. The van der Waals surface area contributed by atoms with Gasteiger partial charge in [-0.1, -0.05) is 48.5 Å². The minimum absolute atomic E-state index is 0.0479. The molecule has 33 heavy (non-hydrogen) atoms. The van der Waals surface area contributed by atoms with Gasteiger partial charge in [0.15, 0.2) is 5.78 Å². The van der Waals surface area contributed by atoms with Crippen molar-refractivity contribution in [3.8, 4) is 5.75 Å². The number of phenolic OH excluding ortho intramolecular Hbond substituents is 1. The van der Waals surface area contributed by atoms with Crippen molar-refractivity contribution in [1.82, 2.24) is 4.98 Å². The Hall–Kier alpha value is -3.92. The third-order valence-electron chi connectivity index (χ3n) is 6.50. The van der Waals surface area contributed by atoms with E-state index in [9.17, 15) is 9.90 Å². The number of aromatic hydroxyl groups is 1. The molecule has 0 spiro atoms. The number of benzene rings is 4. The van der Waals surface area contributed by atoms with E-state index in [0.717, 1.165) is 43.9 Å². The van der Waals surface area contributed by atoms with Gasteiger partial charge >= 0.3 is 0 Å². The van der Waals surface area contributed by atoms with Gasteiger partial charge in [-0.2, -0.15) is 0 Å². The fourth-order valence-electron chi connectivity index (χ4n) is 5.23. The van der Waals surface area contributed by atoms with Gasteiger partial charge < -0.3 is 10.4 Å². The number of anilines is 2.